The zero-order chi connectivity index (χ0) is 29.5. The van der Waals surface area contributed by atoms with Crippen molar-refractivity contribution >= 4 is 34.9 Å². The molecule has 17 nitrogen and oxygen atoms in total. The Hall–Kier alpha value is -4.92. The first-order valence-corrected chi connectivity index (χ1v) is 12.2. The van der Waals surface area contributed by atoms with Crippen LogP contribution < -0.4 is 10.1 Å². The number of imidazole rings is 1. The maximum absolute atomic E-state index is 12.2. The van der Waals surface area contributed by atoms with E-state index in [1.807, 2.05) is 6.07 Å². The van der Waals surface area contributed by atoms with Gasteiger partial charge in [0.05, 0.1) is 37.0 Å². The summed E-state index contributed by atoms with van der Waals surface area (Å²) in [7, 11) is 0. The molecule has 1 aromatic carbocycles. The van der Waals surface area contributed by atoms with Crippen molar-refractivity contribution in [3.63, 3.8) is 0 Å². The number of carbonyl (C=O) groups is 2. The van der Waals surface area contributed by atoms with Crippen molar-refractivity contribution < 1.29 is 43.7 Å². The summed E-state index contributed by atoms with van der Waals surface area (Å²) >= 11 is 0. The number of anilines is 1. The van der Waals surface area contributed by atoms with Crippen LogP contribution >= 0.6 is 0 Å². The highest BCUT2D eigenvalue weighted by molar-refractivity contribution is 5.85. The van der Waals surface area contributed by atoms with Crippen LogP contribution in [0.25, 0.3) is 11.2 Å². The third kappa shape index (κ3) is 6.81. The number of ether oxygens (including phenoxy) is 4. The maximum Gasteiger partial charge on any atom is 0.414 e. The third-order valence-corrected chi connectivity index (χ3v) is 5.89. The van der Waals surface area contributed by atoms with Crippen LogP contribution in [-0.4, -0.2) is 84.9 Å². The number of hydrogen-bond acceptors (Lipinski definition) is 14. The van der Waals surface area contributed by atoms with Gasteiger partial charge in [0, 0.05) is 25.5 Å². The minimum atomic E-state index is -1.41. The lowest BCUT2D eigenvalue weighted by molar-refractivity contribution is -0.384. The van der Waals surface area contributed by atoms with Crippen molar-refractivity contribution in [1.29, 1.82) is 5.26 Å². The van der Waals surface area contributed by atoms with Crippen molar-refractivity contribution in [2.75, 3.05) is 25.1 Å². The first kappa shape index (κ1) is 29.1. The Morgan fingerprint density at radius 3 is 2.68 bits per heavy atom. The fourth-order valence-electron chi connectivity index (χ4n) is 4.03. The molecule has 3 aromatic rings. The molecular weight excluding hydrogens is 546 g/mol. The Morgan fingerprint density at radius 2 is 2.02 bits per heavy atom. The van der Waals surface area contributed by atoms with Gasteiger partial charge in [-0.3, -0.25) is 24.8 Å². The molecular formula is C24H25N7O10. The maximum atomic E-state index is 12.2. The van der Waals surface area contributed by atoms with E-state index < -0.39 is 48.1 Å². The number of nitrogens with zero attached hydrogens (tertiary/aromatic N) is 6. The SMILES string of the molecule is CC(=O)O[C@H]1[C@@H](O)[C@H](n2cnc3c(OCCc4ccc([N+](=O)[O-])cc4)nc(NC(=O)OCCC#N)nc32)O[C@@H]1CO. The molecule has 1 amide bonds. The number of nitro groups is 1. The molecule has 0 aliphatic carbocycles. The van der Waals surface area contributed by atoms with E-state index >= 15 is 0 Å². The highest BCUT2D eigenvalue weighted by atomic mass is 16.6. The van der Waals surface area contributed by atoms with Crippen molar-refractivity contribution in [3.05, 3.63) is 46.3 Å². The number of esters is 1. The van der Waals surface area contributed by atoms with Crippen molar-refractivity contribution in [2.45, 2.75) is 44.3 Å². The first-order valence-electron chi connectivity index (χ1n) is 12.2. The molecule has 0 bridgehead atoms. The van der Waals surface area contributed by atoms with E-state index in [-0.39, 0.29) is 48.3 Å². The highest BCUT2D eigenvalue weighted by Crippen LogP contribution is 2.34. The molecule has 1 aliphatic heterocycles. The van der Waals surface area contributed by atoms with E-state index in [4.69, 9.17) is 24.2 Å². The fraction of sp³-hybridized carbons (Fsp3) is 0.417. The van der Waals surface area contributed by atoms with Crippen LogP contribution in [0.15, 0.2) is 30.6 Å². The Labute approximate surface area is 231 Å². The van der Waals surface area contributed by atoms with Crippen molar-refractivity contribution in [1.82, 2.24) is 19.5 Å². The molecule has 17 heteroatoms. The lowest BCUT2D eigenvalue weighted by Crippen LogP contribution is -2.37. The predicted molar refractivity (Wildman–Crippen MR) is 135 cm³/mol. The molecule has 0 saturated carbocycles. The molecule has 2 aromatic heterocycles. The average Bonchev–Trinajstić information content (AvgIpc) is 3.49. The lowest BCUT2D eigenvalue weighted by Gasteiger charge is -2.19. The quantitative estimate of drug-likeness (QED) is 0.126. The molecule has 0 unspecified atom stereocenters. The number of rotatable bonds is 11. The van der Waals surface area contributed by atoms with E-state index in [0.717, 1.165) is 12.5 Å². The van der Waals surface area contributed by atoms with Gasteiger partial charge in [0.25, 0.3) is 5.69 Å². The lowest BCUT2D eigenvalue weighted by atomic mass is 10.1. The Balaban J connectivity index is 1.61. The Kier molecular flexibility index (Phi) is 9.19. The minimum Gasteiger partial charge on any atom is -0.476 e. The minimum absolute atomic E-state index is 0.0243. The van der Waals surface area contributed by atoms with Gasteiger partial charge >= 0.3 is 12.1 Å². The number of fused-ring (bicyclic) bond motifs is 1. The summed E-state index contributed by atoms with van der Waals surface area (Å²) < 4.78 is 22.9. The van der Waals surface area contributed by atoms with Crippen LogP contribution in [-0.2, 0) is 25.4 Å². The topological polar surface area (TPSA) is 234 Å². The van der Waals surface area contributed by atoms with Crippen molar-refractivity contribution in [2.24, 2.45) is 0 Å². The number of nitriles is 1. The van der Waals surface area contributed by atoms with Crippen molar-refractivity contribution in [3.8, 4) is 11.9 Å². The molecule has 1 saturated heterocycles. The van der Waals surface area contributed by atoms with Gasteiger partial charge in [0.15, 0.2) is 23.5 Å². The first-order chi connectivity index (χ1) is 19.7. The van der Waals surface area contributed by atoms with E-state index in [2.05, 4.69) is 20.3 Å². The molecule has 3 heterocycles. The number of nitrogens with one attached hydrogen (secondary N) is 1. The van der Waals surface area contributed by atoms with Crippen LogP contribution in [0.3, 0.4) is 0 Å². The summed E-state index contributed by atoms with van der Waals surface area (Å²) in [5, 5.41) is 42.4. The molecule has 216 valence electrons. The number of hydrogen-bond donors (Lipinski definition) is 3. The molecule has 3 N–H and O–H groups in total. The summed E-state index contributed by atoms with van der Waals surface area (Å²) in [5.74, 6) is -0.986. The van der Waals surface area contributed by atoms with Crippen LogP contribution in [0.2, 0.25) is 0 Å². The molecule has 1 fully saturated rings. The third-order valence-electron chi connectivity index (χ3n) is 5.89. The zero-order valence-electron chi connectivity index (χ0n) is 21.6. The molecule has 0 spiro atoms. The summed E-state index contributed by atoms with van der Waals surface area (Å²) in [6, 6.07) is 7.76. The second kappa shape index (κ2) is 13.0. The molecule has 4 atom stereocenters. The number of benzene rings is 1. The zero-order valence-corrected chi connectivity index (χ0v) is 21.6. The van der Waals surface area contributed by atoms with E-state index in [9.17, 15) is 29.9 Å². The fourth-order valence-corrected chi connectivity index (χ4v) is 4.03. The van der Waals surface area contributed by atoms with Crippen LogP contribution in [0, 0.1) is 21.4 Å². The number of aliphatic hydroxyl groups excluding tert-OH is 2. The summed E-state index contributed by atoms with van der Waals surface area (Å²) in [4.78, 5) is 46.8. The molecule has 41 heavy (non-hydrogen) atoms. The van der Waals surface area contributed by atoms with E-state index in [1.54, 1.807) is 12.1 Å². The van der Waals surface area contributed by atoms with Gasteiger partial charge in [-0.15, -0.1) is 0 Å². The number of aromatic nitrogens is 4. The van der Waals surface area contributed by atoms with Crippen LogP contribution in [0.1, 0.15) is 25.1 Å². The number of nitro benzene ring substituents is 1. The van der Waals surface area contributed by atoms with Gasteiger partial charge in [0.1, 0.15) is 18.8 Å². The second-order valence-electron chi connectivity index (χ2n) is 8.68. The molecule has 1 aliphatic rings. The Morgan fingerprint density at radius 1 is 1.27 bits per heavy atom. The normalized spacial score (nSPS) is 19.9. The van der Waals surface area contributed by atoms with Gasteiger partial charge in [-0.05, 0) is 5.56 Å². The monoisotopic (exact) mass is 571 g/mol. The summed E-state index contributed by atoms with van der Waals surface area (Å²) in [5.41, 5.74) is 0.886. The molecule has 0 radical (unpaired) electrons. The average molecular weight is 572 g/mol. The number of non-ortho nitro benzene ring substituents is 1. The summed E-state index contributed by atoms with van der Waals surface area (Å²) in [6.45, 7) is 0.504. The largest absolute Gasteiger partial charge is 0.476 e. The predicted octanol–water partition coefficient (Wildman–Crippen LogP) is 1.00. The number of amides is 1. The van der Waals surface area contributed by atoms with E-state index in [1.165, 1.54) is 23.0 Å². The Bertz CT molecular complexity index is 1460. The highest BCUT2D eigenvalue weighted by Gasteiger charge is 2.47. The smallest absolute Gasteiger partial charge is 0.414 e. The van der Waals surface area contributed by atoms with Gasteiger partial charge < -0.3 is 29.2 Å². The summed E-state index contributed by atoms with van der Waals surface area (Å²) in [6.07, 6.45) is -4.16. The molecule has 4 rings (SSSR count). The van der Waals surface area contributed by atoms with Gasteiger partial charge in [0.2, 0.25) is 11.8 Å². The van der Waals surface area contributed by atoms with Gasteiger partial charge in [-0.25, -0.2) is 9.78 Å². The van der Waals surface area contributed by atoms with Gasteiger partial charge in [-0.1, -0.05) is 12.1 Å². The van der Waals surface area contributed by atoms with E-state index in [0.29, 0.717) is 6.42 Å². The van der Waals surface area contributed by atoms with Gasteiger partial charge in [-0.2, -0.15) is 15.2 Å². The standard InChI is InChI=1S/C24H25N7O10/c1-13(33)40-19-16(11-32)41-22(18(19)34)30-12-26-17-20(30)27-23(29-24(35)39-9-2-8-25)28-21(17)38-10-7-14-3-5-15(6-4-14)31(36)37/h3-6,12,16,18-19,22,32,34H,2,7,9-11H2,1H3,(H,27,28,29,35)/t16-,18-,19-,22-/m1/s1. The van der Waals surface area contributed by atoms with Crippen LogP contribution in [0.4, 0.5) is 16.4 Å². The number of aliphatic hydroxyl groups is 2. The van der Waals surface area contributed by atoms with Crippen LogP contribution in [0.5, 0.6) is 5.88 Å². The second-order valence-corrected chi connectivity index (χ2v) is 8.68. The number of carbonyl (C=O) groups excluding carboxylic acids is 2.